The molecule has 0 spiro atoms. The van der Waals surface area contributed by atoms with Crippen LogP contribution in [0.4, 0.5) is 0 Å². The highest BCUT2D eigenvalue weighted by molar-refractivity contribution is 8.02. The maximum Gasteiger partial charge on any atom is 0.250 e. The zero-order chi connectivity index (χ0) is 16.0. The summed E-state index contributed by atoms with van der Waals surface area (Å²) in [6.07, 6.45) is 6.86. The van der Waals surface area contributed by atoms with Crippen LogP contribution in [0.2, 0.25) is 0 Å². The van der Waals surface area contributed by atoms with Crippen LogP contribution in [0.1, 0.15) is 46.5 Å². The third kappa shape index (κ3) is 5.47. The Morgan fingerprint density at radius 1 is 1.41 bits per heavy atom. The lowest BCUT2D eigenvalue weighted by Crippen LogP contribution is -2.32. The van der Waals surface area contributed by atoms with Crippen LogP contribution >= 0.6 is 11.8 Å². The van der Waals surface area contributed by atoms with Crippen LogP contribution in [-0.4, -0.2) is 42.7 Å². The summed E-state index contributed by atoms with van der Waals surface area (Å²) in [5.74, 6) is 1.24. The van der Waals surface area contributed by atoms with Gasteiger partial charge in [0.25, 0.3) is 0 Å². The van der Waals surface area contributed by atoms with Gasteiger partial charge in [0.05, 0.1) is 0 Å². The van der Waals surface area contributed by atoms with Gasteiger partial charge in [-0.1, -0.05) is 25.5 Å². The lowest BCUT2D eigenvalue weighted by atomic mass is 9.85. The van der Waals surface area contributed by atoms with E-state index in [4.69, 9.17) is 0 Å². The van der Waals surface area contributed by atoms with E-state index in [2.05, 4.69) is 30.6 Å². The van der Waals surface area contributed by atoms with Crippen LogP contribution in [-0.2, 0) is 4.79 Å². The number of carbonyl (C=O) groups is 1. The molecule has 3 nitrogen and oxygen atoms in total. The van der Waals surface area contributed by atoms with Gasteiger partial charge in [-0.3, -0.25) is 4.79 Å². The molecule has 0 unspecified atom stereocenters. The lowest BCUT2D eigenvalue weighted by Gasteiger charge is -2.23. The van der Waals surface area contributed by atoms with E-state index in [-0.39, 0.29) is 5.91 Å². The van der Waals surface area contributed by atoms with Crippen molar-refractivity contribution in [2.24, 2.45) is 5.41 Å². The summed E-state index contributed by atoms with van der Waals surface area (Å²) in [6, 6.07) is 0. The molecule has 22 heavy (non-hydrogen) atoms. The number of nitrogens with zero attached hydrogens (tertiary/aromatic N) is 1. The molecule has 1 saturated heterocycles. The van der Waals surface area contributed by atoms with Gasteiger partial charge in [0.15, 0.2) is 0 Å². The van der Waals surface area contributed by atoms with Gasteiger partial charge in [-0.15, -0.1) is 11.8 Å². The smallest absolute Gasteiger partial charge is 0.250 e. The average Bonchev–Trinajstić information content (AvgIpc) is 2.68. The van der Waals surface area contributed by atoms with Crippen molar-refractivity contribution in [1.82, 2.24) is 10.2 Å². The molecular formula is C18H30N2OS. The van der Waals surface area contributed by atoms with E-state index in [9.17, 15) is 4.79 Å². The molecule has 0 aromatic carbocycles. The molecule has 0 radical (unpaired) electrons. The molecule has 0 aliphatic carbocycles. The molecule has 1 fully saturated rings. The average molecular weight is 323 g/mol. The Kier molecular flexibility index (Phi) is 6.57. The lowest BCUT2D eigenvalue weighted by molar-refractivity contribution is -0.127. The number of amides is 1. The van der Waals surface area contributed by atoms with Gasteiger partial charge >= 0.3 is 0 Å². The fraction of sp³-hybridized carbons (Fsp3) is 0.722. The fourth-order valence-electron chi connectivity index (χ4n) is 3.00. The molecule has 0 atom stereocenters. The molecule has 2 aliphatic rings. The second-order valence-electron chi connectivity index (χ2n) is 7.24. The van der Waals surface area contributed by atoms with Crippen molar-refractivity contribution in [3.8, 4) is 0 Å². The van der Waals surface area contributed by atoms with Crippen LogP contribution in [0.3, 0.4) is 0 Å². The molecule has 124 valence electrons. The van der Waals surface area contributed by atoms with E-state index in [0.717, 1.165) is 56.8 Å². The van der Waals surface area contributed by atoms with Gasteiger partial charge in [-0.25, -0.2) is 0 Å². The third-order valence-electron chi connectivity index (χ3n) is 4.65. The first-order valence-electron chi connectivity index (χ1n) is 8.44. The molecule has 1 amide bonds. The van der Waals surface area contributed by atoms with E-state index < -0.39 is 0 Å². The molecule has 0 aromatic heterocycles. The SMILES string of the molecule is C/C(=C\SCC1=CCNCC1)C(=O)N1CCCC(C)(C)CC1. The Morgan fingerprint density at radius 2 is 2.23 bits per heavy atom. The minimum absolute atomic E-state index is 0.226. The van der Waals surface area contributed by atoms with Gasteiger partial charge in [-0.05, 0) is 50.0 Å². The highest BCUT2D eigenvalue weighted by Gasteiger charge is 2.25. The Bertz CT molecular complexity index is 454. The quantitative estimate of drug-likeness (QED) is 0.634. The molecular weight excluding hydrogens is 292 g/mol. The number of thioether (sulfide) groups is 1. The highest BCUT2D eigenvalue weighted by Crippen LogP contribution is 2.30. The van der Waals surface area contributed by atoms with Gasteiger partial charge in [-0.2, -0.15) is 0 Å². The van der Waals surface area contributed by atoms with Gasteiger partial charge in [0, 0.05) is 31.0 Å². The molecule has 0 bridgehead atoms. The first-order chi connectivity index (χ1) is 10.5. The highest BCUT2D eigenvalue weighted by atomic mass is 32.2. The zero-order valence-corrected chi connectivity index (χ0v) is 15.1. The van der Waals surface area contributed by atoms with Crippen molar-refractivity contribution in [3.63, 3.8) is 0 Å². The van der Waals surface area contributed by atoms with Crippen molar-refractivity contribution in [2.45, 2.75) is 46.5 Å². The van der Waals surface area contributed by atoms with Crippen LogP contribution in [0.25, 0.3) is 0 Å². The van der Waals surface area contributed by atoms with Crippen LogP contribution in [0.5, 0.6) is 0 Å². The summed E-state index contributed by atoms with van der Waals surface area (Å²) in [6.45, 7) is 10.5. The number of likely N-dealkylation sites (tertiary alicyclic amines) is 1. The first-order valence-corrected chi connectivity index (χ1v) is 9.49. The maximum atomic E-state index is 12.6. The summed E-state index contributed by atoms with van der Waals surface area (Å²) >= 11 is 1.76. The predicted molar refractivity (Wildman–Crippen MR) is 96.0 cm³/mol. The second kappa shape index (κ2) is 8.21. The molecule has 2 aliphatic heterocycles. The predicted octanol–water partition coefficient (Wildman–Crippen LogP) is 3.58. The van der Waals surface area contributed by atoms with Crippen molar-refractivity contribution in [2.75, 3.05) is 31.9 Å². The van der Waals surface area contributed by atoms with Crippen molar-refractivity contribution < 1.29 is 4.79 Å². The number of hydrogen-bond donors (Lipinski definition) is 1. The van der Waals surface area contributed by atoms with E-state index in [1.165, 1.54) is 12.0 Å². The van der Waals surface area contributed by atoms with Crippen LogP contribution in [0, 0.1) is 5.41 Å². The monoisotopic (exact) mass is 322 g/mol. The topological polar surface area (TPSA) is 32.3 Å². The van der Waals surface area contributed by atoms with Gasteiger partial charge in [0.2, 0.25) is 5.91 Å². The van der Waals surface area contributed by atoms with Gasteiger partial charge < -0.3 is 10.2 Å². The van der Waals surface area contributed by atoms with Crippen LogP contribution < -0.4 is 5.32 Å². The first kappa shape index (κ1) is 17.6. The summed E-state index contributed by atoms with van der Waals surface area (Å²) in [7, 11) is 0. The summed E-state index contributed by atoms with van der Waals surface area (Å²) in [4.78, 5) is 14.6. The van der Waals surface area contributed by atoms with Crippen molar-refractivity contribution >= 4 is 17.7 Å². The molecule has 0 aromatic rings. The number of carbonyl (C=O) groups excluding carboxylic acids is 1. The summed E-state index contributed by atoms with van der Waals surface area (Å²) in [5.41, 5.74) is 2.76. The maximum absolute atomic E-state index is 12.6. The number of nitrogens with one attached hydrogen (secondary N) is 1. The van der Waals surface area contributed by atoms with E-state index in [1.54, 1.807) is 11.8 Å². The zero-order valence-electron chi connectivity index (χ0n) is 14.3. The minimum Gasteiger partial charge on any atom is -0.339 e. The Balaban J connectivity index is 1.82. The minimum atomic E-state index is 0.226. The fourth-order valence-corrected chi connectivity index (χ4v) is 3.91. The third-order valence-corrected chi connectivity index (χ3v) is 5.71. The van der Waals surface area contributed by atoms with Crippen molar-refractivity contribution in [3.05, 3.63) is 22.6 Å². The second-order valence-corrected chi connectivity index (χ2v) is 8.10. The number of hydrogen-bond acceptors (Lipinski definition) is 3. The van der Waals surface area contributed by atoms with Crippen LogP contribution in [0.15, 0.2) is 22.6 Å². The Hall–Kier alpha value is -0.740. The van der Waals surface area contributed by atoms with E-state index in [1.807, 2.05) is 11.8 Å². The summed E-state index contributed by atoms with van der Waals surface area (Å²) in [5, 5.41) is 5.38. The van der Waals surface area contributed by atoms with E-state index in [0.29, 0.717) is 5.41 Å². The van der Waals surface area contributed by atoms with E-state index >= 15 is 0 Å². The molecule has 1 N–H and O–H groups in total. The largest absolute Gasteiger partial charge is 0.339 e. The molecule has 2 heterocycles. The van der Waals surface area contributed by atoms with Gasteiger partial charge in [0.1, 0.15) is 0 Å². The summed E-state index contributed by atoms with van der Waals surface area (Å²) < 4.78 is 0. The Morgan fingerprint density at radius 3 is 2.95 bits per heavy atom. The molecule has 2 rings (SSSR count). The molecule has 0 saturated carbocycles. The normalized spacial score (nSPS) is 23.0. The standard InChI is InChI=1S/C18H30N2OS/c1-15(13-22-14-16-5-9-19-10-6-16)17(21)20-11-4-7-18(2,3)8-12-20/h5,13,19H,4,6-12,14H2,1-3H3/b15-13+. The Labute approximate surface area is 139 Å². The number of rotatable bonds is 4. The molecule has 4 heteroatoms. The van der Waals surface area contributed by atoms with Crippen molar-refractivity contribution in [1.29, 1.82) is 0 Å².